The van der Waals surface area contributed by atoms with Crippen LogP contribution in [0.25, 0.3) is 11.0 Å². The molecule has 2 aromatic rings. The van der Waals surface area contributed by atoms with E-state index in [2.05, 4.69) is 30.4 Å². The van der Waals surface area contributed by atoms with Crippen LogP contribution in [0.4, 0.5) is 29.7 Å². The predicted octanol–water partition coefficient (Wildman–Crippen LogP) is 2.76. The maximum absolute atomic E-state index is 13.0. The highest BCUT2D eigenvalue weighted by Crippen LogP contribution is 2.34. The van der Waals surface area contributed by atoms with Gasteiger partial charge >= 0.3 is 12.3 Å². The number of carbonyl (C=O) groups excluding carboxylic acids is 1. The molecule has 2 aromatic heterocycles. The van der Waals surface area contributed by atoms with E-state index in [0.29, 0.717) is 6.54 Å². The number of amides is 1. The van der Waals surface area contributed by atoms with Crippen molar-refractivity contribution in [3.63, 3.8) is 0 Å². The summed E-state index contributed by atoms with van der Waals surface area (Å²) in [5.74, 6) is -0.211. The topological polar surface area (TPSA) is 105 Å². The Hall–Kier alpha value is -2.59. The van der Waals surface area contributed by atoms with Crippen molar-refractivity contribution in [1.29, 1.82) is 0 Å². The summed E-state index contributed by atoms with van der Waals surface area (Å²) in [5, 5.41) is 10.6. The average molecular weight is 332 g/mol. The number of rotatable bonds is 5. The van der Waals surface area contributed by atoms with Crippen molar-refractivity contribution in [1.82, 2.24) is 20.2 Å². The summed E-state index contributed by atoms with van der Waals surface area (Å²) in [6, 6.07) is 0. The molecule has 0 fully saturated rings. The molecular formula is C12H15F3N6O2. The fraction of sp³-hybridized carbons (Fsp3) is 0.500. The Balaban J connectivity index is 2.49. The van der Waals surface area contributed by atoms with E-state index in [4.69, 9.17) is 0 Å². The Morgan fingerprint density at radius 3 is 2.65 bits per heavy atom. The molecule has 0 radical (unpaired) electrons. The van der Waals surface area contributed by atoms with Gasteiger partial charge in [-0.1, -0.05) is 13.3 Å². The van der Waals surface area contributed by atoms with Crippen LogP contribution in [0.1, 0.15) is 25.5 Å². The van der Waals surface area contributed by atoms with E-state index < -0.39 is 23.5 Å². The summed E-state index contributed by atoms with van der Waals surface area (Å²) < 4.78 is 43.3. The number of hydrogen-bond donors (Lipinski definition) is 3. The Bertz CT molecular complexity index is 700. The van der Waals surface area contributed by atoms with Crippen molar-refractivity contribution in [3.05, 3.63) is 5.69 Å². The molecule has 2 rings (SSSR count). The van der Waals surface area contributed by atoms with Gasteiger partial charge < -0.3 is 10.1 Å². The molecule has 0 unspecified atom stereocenters. The molecule has 0 saturated heterocycles. The molecule has 11 heteroatoms. The van der Waals surface area contributed by atoms with E-state index in [-0.39, 0.29) is 17.3 Å². The SMILES string of the molecule is CCCCNc1nc(NC(=O)OC)nc2c(C(F)(F)F)[nH]nc12. The van der Waals surface area contributed by atoms with E-state index in [1.54, 1.807) is 0 Å². The molecule has 0 aliphatic carbocycles. The smallest absolute Gasteiger partial charge is 0.434 e. The van der Waals surface area contributed by atoms with E-state index in [0.717, 1.165) is 20.0 Å². The zero-order valence-electron chi connectivity index (χ0n) is 12.4. The highest BCUT2D eigenvalue weighted by molar-refractivity contribution is 5.90. The van der Waals surface area contributed by atoms with Crippen molar-refractivity contribution < 1.29 is 22.7 Å². The Kier molecular flexibility index (Phi) is 4.86. The number of aromatic amines is 1. The molecule has 0 atom stereocenters. The largest absolute Gasteiger partial charge is 0.453 e. The summed E-state index contributed by atoms with van der Waals surface area (Å²) >= 11 is 0. The molecule has 8 nitrogen and oxygen atoms in total. The predicted molar refractivity (Wildman–Crippen MR) is 76.1 cm³/mol. The zero-order valence-corrected chi connectivity index (χ0v) is 12.4. The fourth-order valence-corrected chi connectivity index (χ4v) is 1.80. The highest BCUT2D eigenvalue weighted by Gasteiger charge is 2.37. The summed E-state index contributed by atoms with van der Waals surface area (Å²) in [7, 11) is 1.12. The van der Waals surface area contributed by atoms with Crippen LogP contribution < -0.4 is 10.6 Å². The van der Waals surface area contributed by atoms with Gasteiger partial charge in [0.05, 0.1) is 7.11 Å². The Morgan fingerprint density at radius 2 is 2.04 bits per heavy atom. The van der Waals surface area contributed by atoms with Gasteiger partial charge in [-0.25, -0.2) is 9.78 Å². The van der Waals surface area contributed by atoms with Crippen molar-refractivity contribution >= 4 is 28.9 Å². The van der Waals surface area contributed by atoms with Crippen LogP contribution in [0.3, 0.4) is 0 Å². The van der Waals surface area contributed by atoms with E-state index in [9.17, 15) is 18.0 Å². The number of nitrogens with zero attached hydrogens (tertiary/aromatic N) is 3. The number of unbranched alkanes of at least 4 members (excludes halogenated alkanes) is 1. The van der Waals surface area contributed by atoms with Crippen LogP contribution in [-0.4, -0.2) is 39.9 Å². The highest BCUT2D eigenvalue weighted by atomic mass is 19.4. The number of alkyl halides is 3. The van der Waals surface area contributed by atoms with Gasteiger partial charge in [0.25, 0.3) is 0 Å². The van der Waals surface area contributed by atoms with Gasteiger partial charge in [-0.3, -0.25) is 10.4 Å². The minimum Gasteiger partial charge on any atom is -0.453 e. The quantitative estimate of drug-likeness (QED) is 0.727. The molecule has 23 heavy (non-hydrogen) atoms. The fourth-order valence-electron chi connectivity index (χ4n) is 1.80. The lowest BCUT2D eigenvalue weighted by molar-refractivity contribution is -0.140. The van der Waals surface area contributed by atoms with E-state index in [1.807, 2.05) is 12.0 Å². The Labute approximate surface area is 128 Å². The zero-order chi connectivity index (χ0) is 17.0. The second kappa shape index (κ2) is 6.67. The number of methoxy groups -OCH3 is 1. The number of aromatic nitrogens is 4. The van der Waals surface area contributed by atoms with Crippen LogP contribution in [0.5, 0.6) is 0 Å². The molecule has 0 saturated carbocycles. The van der Waals surface area contributed by atoms with Crippen molar-refractivity contribution in [2.45, 2.75) is 25.9 Å². The molecule has 3 N–H and O–H groups in total. The number of H-pyrrole nitrogens is 1. The summed E-state index contributed by atoms with van der Waals surface area (Å²) in [6.07, 6.45) is -3.86. The Morgan fingerprint density at radius 1 is 1.30 bits per heavy atom. The van der Waals surface area contributed by atoms with Crippen LogP contribution in [0, 0.1) is 0 Å². The van der Waals surface area contributed by atoms with E-state index >= 15 is 0 Å². The summed E-state index contributed by atoms with van der Waals surface area (Å²) in [5.41, 5.74) is -1.59. The number of carbonyl (C=O) groups is 1. The molecule has 0 bridgehead atoms. The van der Waals surface area contributed by atoms with Crippen LogP contribution in [-0.2, 0) is 10.9 Å². The number of ether oxygens (including phenoxy) is 1. The van der Waals surface area contributed by atoms with Gasteiger partial charge in [0.2, 0.25) is 5.95 Å². The number of hydrogen-bond acceptors (Lipinski definition) is 6. The first-order valence-electron chi connectivity index (χ1n) is 6.79. The normalized spacial score (nSPS) is 11.5. The minimum atomic E-state index is -4.66. The van der Waals surface area contributed by atoms with Gasteiger partial charge in [0.15, 0.2) is 17.0 Å². The molecule has 2 heterocycles. The summed E-state index contributed by atoms with van der Waals surface area (Å²) in [4.78, 5) is 18.9. The van der Waals surface area contributed by atoms with Crippen molar-refractivity contribution in [2.75, 3.05) is 24.3 Å². The molecule has 1 amide bonds. The maximum atomic E-state index is 13.0. The third-order valence-electron chi connectivity index (χ3n) is 2.91. The van der Waals surface area contributed by atoms with Gasteiger partial charge in [0, 0.05) is 6.54 Å². The number of anilines is 2. The maximum Gasteiger partial charge on any atom is 0.434 e. The number of fused-ring (bicyclic) bond motifs is 1. The molecule has 0 aromatic carbocycles. The lowest BCUT2D eigenvalue weighted by Crippen LogP contribution is -2.15. The molecule has 126 valence electrons. The molecule has 0 spiro atoms. The minimum absolute atomic E-state index is 0.0520. The lowest BCUT2D eigenvalue weighted by atomic mass is 10.3. The number of nitrogens with one attached hydrogen (secondary N) is 3. The first kappa shape index (κ1) is 16.8. The van der Waals surface area contributed by atoms with Crippen LogP contribution in [0.2, 0.25) is 0 Å². The van der Waals surface area contributed by atoms with Crippen molar-refractivity contribution in [2.24, 2.45) is 0 Å². The molecule has 0 aliphatic heterocycles. The van der Waals surface area contributed by atoms with E-state index in [1.165, 1.54) is 0 Å². The number of halogens is 3. The summed E-state index contributed by atoms with van der Waals surface area (Å²) in [6.45, 7) is 2.46. The first-order chi connectivity index (χ1) is 10.9. The average Bonchev–Trinajstić information content (AvgIpc) is 2.91. The van der Waals surface area contributed by atoms with Crippen LogP contribution >= 0.6 is 0 Å². The third-order valence-corrected chi connectivity index (χ3v) is 2.91. The third kappa shape index (κ3) is 3.79. The van der Waals surface area contributed by atoms with Gasteiger partial charge in [0.1, 0.15) is 5.52 Å². The standard InChI is InChI=1S/C12H15F3N6O2/c1-3-4-5-16-9-7-6(8(21-20-7)12(13,14)15)17-10(18-9)19-11(22)23-2/h3-5H2,1-2H3,(H,20,21)(H2,16,17,18,19,22). The molecular weight excluding hydrogens is 317 g/mol. The monoisotopic (exact) mass is 332 g/mol. The van der Waals surface area contributed by atoms with Crippen LogP contribution in [0.15, 0.2) is 0 Å². The first-order valence-corrected chi connectivity index (χ1v) is 6.79. The molecule has 0 aliphatic rings. The van der Waals surface area contributed by atoms with Gasteiger partial charge in [-0.2, -0.15) is 23.3 Å². The lowest BCUT2D eigenvalue weighted by Gasteiger charge is -2.09. The second-order valence-corrected chi connectivity index (χ2v) is 4.59. The van der Waals surface area contributed by atoms with Crippen molar-refractivity contribution in [3.8, 4) is 0 Å². The second-order valence-electron chi connectivity index (χ2n) is 4.59. The van der Waals surface area contributed by atoms with Gasteiger partial charge in [-0.15, -0.1) is 0 Å². The van der Waals surface area contributed by atoms with Gasteiger partial charge in [-0.05, 0) is 6.42 Å².